The van der Waals surface area contributed by atoms with E-state index in [1.54, 1.807) is 4.90 Å². The molecule has 2 aliphatic heterocycles. The maximum Gasteiger partial charge on any atom is 0.419 e. The number of carbonyl (C=O) groups is 2. The number of alkyl halides is 3. The third-order valence-electron chi connectivity index (χ3n) is 5.26. The van der Waals surface area contributed by atoms with E-state index in [-0.39, 0.29) is 28.5 Å². The summed E-state index contributed by atoms with van der Waals surface area (Å²) in [6.07, 6.45) is -3.62. The van der Waals surface area contributed by atoms with Crippen LogP contribution in [0.4, 0.5) is 17.6 Å². The second-order valence-electron chi connectivity index (χ2n) is 7.23. The molecule has 4 rings (SSSR count). The minimum atomic E-state index is -4.78. The first-order chi connectivity index (χ1) is 13.2. The fourth-order valence-corrected chi connectivity index (χ4v) is 3.79. The lowest BCUT2D eigenvalue weighted by Crippen LogP contribution is -2.68. The number of amides is 2. The van der Waals surface area contributed by atoms with E-state index < -0.39 is 17.6 Å². The molecule has 28 heavy (non-hydrogen) atoms. The van der Waals surface area contributed by atoms with Crippen LogP contribution in [-0.4, -0.2) is 35.3 Å². The number of nitrogens with one attached hydrogen (secondary N) is 1. The Morgan fingerprint density at radius 3 is 2.32 bits per heavy atom. The van der Waals surface area contributed by atoms with Gasteiger partial charge in [0.2, 0.25) is 5.91 Å². The maximum absolute atomic E-state index is 14.3. The van der Waals surface area contributed by atoms with Crippen molar-refractivity contribution in [3.63, 3.8) is 0 Å². The molecular formula is C20H16F4N2O2. The molecule has 0 aromatic heterocycles. The Labute approximate surface area is 158 Å². The van der Waals surface area contributed by atoms with Crippen molar-refractivity contribution in [2.75, 3.05) is 13.1 Å². The highest BCUT2D eigenvalue weighted by molar-refractivity contribution is 5.96. The van der Waals surface area contributed by atoms with E-state index in [1.165, 1.54) is 30.3 Å². The van der Waals surface area contributed by atoms with Crippen molar-refractivity contribution in [3.8, 4) is 11.1 Å². The molecule has 0 aliphatic carbocycles. The monoisotopic (exact) mass is 392 g/mol. The van der Waals surface area contributed by atoms with Crippen LogP contribution in [0.2, 0.25) is 0 Å². The molecular weight excluding hydrogens is 376 g/mol. The average Bonchev–Trinajstić information content (AvgIpc) is 3.01. The van der Waals surface area contributed by atoms with Crippen LogP contribution in [0.25, 0.3) is 11.1 Å². The summed E-state index contributed by atoms with van der Waals surface area (Å²) in [6, 6.07) is 8.90. The Bertz CT molecular complexity index is 948. The molecule has 2 aromatic rings. The van der Waals surface area contributed by atoms with Gasteiger partial charge in [0.25, 0.3) is 5.91 Å². The second-order valence-corrected chi connectivity index (χ2v) is 7.23. The van der Waals surface area contributed by atoms with Crippen molar-refractivity contribution >= 4 is 11.8 Å². The predicted octanol–water partition coefficient (Wildman–Crippen LogP) is 3.62. The molecule has 146 valence electrons. The van der Waals surface area contributed by atoms with Crippen LogP contribution >= 0.6 is 0 Å². The number of likely N-dealkylation sites (tertiary alicyclic amines) is 1. The van der Waals surface area contributed by atoms with Crippen LogP contribution in [0.5, 0.6) is 0 Å². The lowest BCUT2D eigenvalue weighted by molar-refractivity contribution is -0.139. The highest BCUT2D eigenvalue weighted by atomic mass is 19.4. The molecule has 2 amide bonds. The van der Waals surface area contributed by atoms with Crippen molar-refractivity contribution in [3.05, 3.63) is 59.4 Å². The molecule has 0 unspecified atom stereocenters. The third kappa shape index (κ3) is 3.12. The zero-order valence-corrected chi connectivity index (χ0v) is 14.6. The molecule has 1 spiro atoms. The van der Waals surface area contributed by atoms with Gasteiger partial charge in [0.1, 0.15) is 5.82 Å². The molecule has 2 aliphatic rings. The van der Waals surface area contributed by atoms with Gasteiger partial charge in [-0.1, -0.05) is 24.3 Å². The Hall–Kier alpha value is -2.90. The Balaban J connectivity index is 1.51. The summed E-state index contributed by atoms with van der Waals surface area (Å²) >= 11 is 0. The van der Waals surface area contributed by atoms with E-state index in [0.717, 1.165) is 6.07 Å². The van der Waals surface area contributed by atoms with Crippen LogP contribution in [-0.2, 0) is 11.0 Å². The number of carbonyl (C=O) groups excluding carboxylic acids is 2. The van der Waals surface area contributed by atoms with Crippen LogP contribution in [0, 0.1) is 5.82 Å². The van der Waals surface area contributed by atoms with Crippen molar-refractivity contribution in [2.24, 2.45) is 0 Å². The largest absolute Gasteiger partial charge is 0.419 e. The fourth-order valence-electron chi connectivity index (χ4n) is 3.79. The van der Waals surface area contributed by atoms with Gasteiger partial charge in [-0.05, 0) is 30.2 Å². The number of hydrogen-bond acceptors (Lipinski definition) is 2. The van der Waals surface area contributed by atoms with Crippen molar-refractivity contribution < 1.29 is 27.2 Å². The predicted molar refractivity (Wildman–Crippen MR) is 92.8 cm³/mol. The maximum atomic E-state index is 14.3. The molecule has 0 saturated carbocycles. The van der Waals surface area contributed by atoms with Crippen molar-refractivity contribution in [2.45, 2.75) is 24.6 Å². The summed E-state index contributed by atoms with van der Waals surface area (Å²) in [4.78, 5) is 25.5. The van der Waals surface area contributed by atoms with Gasteiger partial charge in [-0.15, -0.1) is 0 Å². The minimum Gasteiger partial charge on any atom is -0.347 e. The van der Waals surface area contributed by atoms with E-state index in [1.807, 2.05) is 0 Å². The lowest BCUT2D eigenvalue weighted by atomic mass is 9.87. The summed E-state index contributed by atoms with van der Waals surface area (Å²) in [5.74, 6) is -1.59. The van der Waals surface area contributed by atoms with Crippen molar-refractivity contribution in [1.82, 2.24) is 10.2 Å². The number of rotatable bonds is 2. The number of halogens is 4. The van der Waals surface area contributed by atoms with Crippen molar-refractivity contribution in [1.29, 1.82) is 0 Å². The van der Waals surface area contributed by atoms with Gasteiger partial charge in [-0.25, -0.2) is 4.39 Å². The van der Waals surface area contributed by atoms with Crippen LogP contribution < -0.4 is 5.32 Å². The molecule has 2 aromatic carbocycles. The summed E-state index contributed by atoms with van der Waals surface area (Å²) in [7, 11) is 0. The second kappa shape index (κ2) is 6.32. The smallest absolute Gasteiger partial charge is 0.347 e. The quantitative estimate of drug-likeness (QED) is 0.794. The lowest BCUT2D eigenvalue weighted by Gasteiger charge is -2.47. The zero-order chi connectivity index (χ0) is 20.1. The summed E-state index contributed by atoms with van der Waals surface area (Å²) in [5.41, 5.74) is -1.22. The summed E-state index contributed by atoms with van der Waals surface area (Å²) in [5, 5.41) is 2.89. The Morgan fingerprint density at radius 2 is 1.75 bits per heavy atom. The van der Waals surface area contributed by atoms with Gasteiger partial charge in [-0.3, -0.25) is 9.59 Å². The van der Waals surface area contributed by atoms with Gasteiger partial charge in [0.15, 0.2) is 0 Å². The summed E-state index contributed by atoms with van der Waals surface area (Å²) < 4.78 is 52.9. The zero-order valence-electron chi connectivity index (χ0n) is 14.6. The van der Waals surface area contributed by atoms with Gasteiger partial charge in [-0.2, -0.15) is 13.2 Å². The third-order valence-corrected chi connectivity index (χ3v) is 5.26. The SMILES string of the molecule is O=C1CCC2(CN(C(=O)c3ccc(-c4cccc(C(F)(F)F)c4F)cc3)C2)N1. The van der Waals surface area contributed by atoms with Gasteiger partial charge < -0.3 is 10.2 Å². The topological polar surface area (TPSA) is 49.4 Å². The standard InChI is InChI=1S/C20H16F4N2O2/c21-17-14(2-1-3-15(17)20(22,23)24)12-4-6-13(7-5-12)18(28)26-10-19(11-26)9-8-16(27)25-19/h1-7H,8-11H2,(H,25,27). The normalized spacial score (nSPS) is 18.1. The van der Waals surface area contributed by atoms with E-state index in [4.69, 9.17) is 0 Å². The molecule has 0 radical (unpaired) electrons. The van der Waals surface area contributed by atoms with Crippen LogP contribution in [0.1, 0.15) is 28.8 Å². The minimum absolute atomic E-state index is 0.0143. The molecule has 4 nitrogen and oxygen atoms in total. The Kier molecular flexibility index (Phi) is 4.17. The van der Waals surface area contributed by atoms with E-state index in [2.05, 4.69) is 5.32 Å². The van der Waals surface area contributed by atoms with E-state index >= 15 is 0 Å². The first-order valence-electron chi connectivity index (χ1n) is 8.75. The van der Waals surface area contributed by atoms with Crippen LogP contribution in [0.15, 0.2) is 42.5 Å². The molecule has 2 heterocycles. The Morgan fingerprint density at radius 1 is 1.07 bits per heavy atom. The molecule has 8 heteroatoms. The summed E-state index contributed by atoms with van der Waals surface area (Å²) in [6.45, 7) is 0.864. The highest BCUT2D eigenvalue weighted by Crippen LogP contribution is 2.36. The average molecular weight is 392 g/mol. The van der Waals surface area contributed by atoms with E-state index in [9.17, 15) is 27.2 Å². The number of hydrogen-bond donors (Lipinski definition) is 1. The molecule has 1 N–H and O–H groups in total. The number of nitrogens with zero attached hydrogens (tertiary/aromatic N) is 1. The van der Waals surface area contributed by atoms with Gasteiger partial charge in [0, 0.05) is 30.6 Å². The number of benzene rings is 2. The van der Waals surface area contributed by atoms with Gasteiger partial charge in [0.05, 0.1) is 11.1 Å². The molecule has 0 bridgehead atoms. The van der Waals surface area contributed by atoms with E-state index in [0.29, 0.717) is 37.6 Å². The first kappa shape index (κ1) is 18.5. The first-order valence-corrected chi connectivity index (χ1v) is 8.75. The van der Waals surface area contributed by atoms with Crippen LogP contribution in [0.3, 0.4) is 0 Å². The van der Waals surface area contributed by atoms with Gasteiger partial charge >= 0.3 is 6.18 Å². The fraction of sp³-hybridized carbons (Fsp3) is 0.300. The molecule has 0 atom stereocenters. The molecule has 2 fully saturated rings. The molecule has 2 saturated heterocycles. The highest BCUT2D eigenvalue weighted by Gasteiger charge is 2.49.